The van der Waals surface area contributed by atoms with Crippen LogP contribution in [0.1, 0.15) is 31.4 Å². The number of nitrogens with zero attached hydrogens (tertiary/aromatic N) is 1. The van der Waals surface area contributed by atoms with Crippen LogP contribution < -0.4 is 0 Å². The maximum Gasteiger partial charge on any atom is 0.0667 e. The normalized spacial score (nSPS) is 14.1. The second kappa shape index (κ2) is 7.96. The maximum absolute atomic E-state index is 10.1. The molecule has 0 fully saturated rings. The van der Waals surface area contributed by atoms with E-state index in [4.69, 9.17) is 0 Å². The van der Waals surface area contributed by atoms with Crippen LogP contribution in [0, 0.1) is 0 Å². The molecule has 0 radical (unpaired) electrons. The van der Waals surface area contributed by atoms with Crippen LogP contribution in [-0.2, 0) is 13.1 Å². The molecule has 21 heavy (non-hydrogen) atoms. The molecule has 1 N–H and O–H groups in total. The first-order valence-electron chi connectivity index (χ1n) is 7.70. The summed E-state index contributed by atoms with van der Waals surface area (Å²) in [6.45, 7) is 5.75. The lowest BCUT2D eigenvalue weighted by Gasteiger charge is -2.33. The van der Waals surface area contributed by atoms with Crippen molar-refractivity contribution in [3.05, 3.63) is 71.8 Å². The number of aliphatic hydroxyl groups excluding tert-OH is 1. The Labute approximate surface area is 128 Å². The first kappa shape index (κ1) is 15.7. The Morgan fingerprint density at radius 1 is 0.857 bits per heavy atom. The topological polar surface area (TPSA) is 23.5 Å². The predicted octanol–water partition coefficient (Wildman–Crippen LogP) is 3.85. The average Bonchev–Trinajstić information content (AvgIpc) is 2.49. The number of rotatable bonds is 7. The number of benzene rings is 2. The largest absolute Gasteiger partial charge is 0.392 e. The van der Waals surface area contributed by atoms with Crippen LogP contribution in [0.3, 0.4) is 0 Å². The van der Waals surface area contributed by atoms with E-state index < -0.39 is 0 Å². The van der Waals surface area contributed by atoms with Gasteiger partial charge in [0.05, 0.1) is 6.10 Å². The highest BCUT2D eigenvalue weighted by Gasteiger charge is 2.21. The van der Waals surface area contributed by atoms with E-state index in [0.29, 0.717) is 0 Å². The van der Waals surface area contributed by atoms with Gasteiger partial charge in [-0.3, -0.25) is 4.90 Å². The van der Waals surface area contributed by atoms with Gasteiger partial charge in [0.15, 0.2) is 0 Å². The van der Waals surface area contributed by atoms with E-state index >= 15 is 0 Å². The molecule has 0 saturated carbocycles. The van der Waals surface area contributed by atoms with E-state index in [9.17, 15) is 5.11 Å². The number of aliphatic hydroxyl groups is 1. The summed E-state index contributed by atoms with van der Waals surface area (Å²) in [6.07, 6.45) is 0.611. The zero-order valence-corrected chi connectivity index (χ0v) is 12.9. The molecular weight excluding hydrogens is 258 g/mol. The molecule has 0 spiro atoms. The monoisotopic (exact) mass is 283 g/mol. The van der Waals surface area contributed by atoms with E-state index in [1.54, 1.807) is 0 Å². The number of hydrogen-bond donors (Lipinski definition) is 1. The van der Waals surface area contributed by atoms with Crippen molar-refractivity contribution in [1.82, 2.24) is 4.90 Å². The molecule has 0 aliphatic heterocycles. The summed E-state index contributed by atoms with van der Waals surface area (Å²) >= 11 is 0. The summed E-state index contributed by atoms with van der Waals surface area (Å²) in [5.74, 6) is 0. The van der Waals surface area contributed by atoms with Gasteiger partial charge in [0.2, 0.25) is 0 Å². The summed E-state index contributed by atoms with van der Waals surface area (Å²) in [5.41, 5.74) is 2.57. The van der Waals surface area contributed by atoms with Crippen molar-refractivity contribution in [2.24, 2.45) is 0 Å². The van der Waals surface area contributed by atoms with E-state index in [2.05, 4.69) is 60.4 Å². The first-order chi connectivity index (χ1) is 10.2. The van der Waals surface area contributed by atoms with Gasteiger partial charge in [0.1, 0.15) is 0 Å². The van der Waals surface area contributed by atoms with E-state index in [1.165, 1.54) is 11.1 Å². The molecule has 0 amide bonds. The van der Waals surface area contributed by atoms with Crippen molar-refractivity contribution in [1.29, 1.82) is 0 Å². The molecule has 0 bridgehead atoms. The average molecular weight is 283 g/mol. The van der Waals surface area contributed by atoms with Gasteiger partial charge in [-0.15, -0.1) is 0 Å². The standard InChI is InChI=1S/C19H25NO/c1-3-19(16(2)21)20(14-17-10-6-4-7-11-17)15-18-12-8-5-9-13-18/h4-13,16,19,21H,3,14-15H2,1-2H3/t16-,19-/m1/s1. The third-order valence-electron chi connectivity index (χ3n) is 3.90. The third-order valence-corrected chi connectivity index (χ3v) is 3.90. The van der Waals surface area contributed by atoms with E-state index in [1.807, 2.05) is 19.1 Å². The molecule has 2 nitrogen and oxygen atoms in total. The Balaban J connectivity index is 2.17. The fourth-order valence-corrected chi connectivity index (χ4v) is 2.83. The van der Waals surface area contributed by atoms with Crippen molar-refractivity contribution < 1.29 is 5.11 Å². The molecule has 2 aromatic rings. The Kier molecular flexibility index (Phi) is 5.97. The zero-order chi connectivity index (χ0) is 15.1. The minimum atomic E-state index is -0.331. The van der Waals surface area contributed by atoms with Crippen molar-refractivity contribution in [2.75, 3.05) is 0 Å². The molecule has 112 valence electrons. The van der Waals surface area contributed by atoms with Gasteiger partial charge in [-0.1, -0.05) is 67.6 Å². The lowest BCUT2D eigenvalue weighted by atomic mass is 10.0. The Morgan fingerprint density at radius 2 is 1.29 bits per heavy atom. The lowest BCUT2D eigenvalue weighted by molar-refractivity contribution is 0.0483. The molecular formula is C19H25NO. The van der Waals surface area contributed by atoms with Crippen molar-refractivity contribution >= 4 is 0 Å². The second-order valence-electron chi connectivity index (χ2n) is 5.59. The highest BCUT2D eigenvalue weighted by molar-refractivity contribution is 5.17. The molecule has 2 rings (SSSR count). The van der Waals surface area contributed by atoms with Gasteiger partial charge >= 0.3 is 0 Å². The molecule has 2 heteroatoms. The van der Waals surface area contributed by atoms with Crippen LogP contribution in [0.4, 0.5) is 0 Å². The van der Waals surface area contributed by atoms with Crippen LogP contribution in [0.25, 0.3) is 0 Å². The van der Waals surface area contributed by atoms with Gasteiger partial charge in [-0.2, -0.15) is 0 Å². The van der Waals surface area contributed by atoms with Gasteiger partial charge in [0, 0.05) is 19.1 Å². The van der Waals surface area contributed by atoms with E-state index in [-0.39, 0.29) is 12.1 Å². The first-order valence-corrected chi connectivity index (χ1v) is 7.70. The second-order valence-corrected chi connectivity index (χ2v) is 5.59. The number of hydrogen-bond acceptors (Lipinski definition) is 2. The van der Waals surface area contributed by atoms with Gasteiger partial charge < -0.3 is 5.11 Å². The van der Waals surface area contributed by atoms with Crippen LogP contribution in [0.15, 0.2) is 60.7 Å². The van der Waals surface area contributed by atoms with Crippen LogP contribution in [0.5, 0.6) is 0 Å². The molecule has 2 atom stereocenters. The quantitative estimate of drug-likeness (QED) is 0.834. The molecule has 0 aliphatic rings. The molecule has 2 aromatic carbocycles. The summed E-state index contributed by atoms with van der Waals surface area (Å²) in [5, 5.41) is 10.1. The SMILES string of the molecule is CC[C@H]([C@@H](C)O)N(Cc1ccccc1)Cc1ccccc1. The summed E-state index contributed by atoms with van der Waals surface area (Å²) in [7, 11) is 0. The fraction of sp³-hybridized carbons (Fsp3) is 0.368. The maximum atomic E-state index is 10.1. The molecule has 0 aromatic heterocycles. The summed E-state index contributed by atoms with van der Waals surface area (Å²) in [6, 6.07) is 21.1. The Bertz CT molecular complexity index is 468. The summed E-state index contributed by atoms with van der Waals surface area (Å²) < 4.78 is 0. The van der Waals surface area contributed by atoms with Crippen LogP contribution in [-0.4, -0.2) is 22.2 Å². The van der Waals surface area contributed by atoms with Crippen molar-refractivity contribution in [3.8, 4) is 0 Å². The lowest BCUT2D eigenvalue weighted by Crippen LogP contribution is -2.41. The molecule has 0 unspecified atom stereocenters. The highest BCUT2D eigenvalue weighted by atomic mass is 16.3. The Morgan fingerprint density at radius 3 is 1.62 bits per heavy atom. The molecule has 0 aliphatic carbocycles. The minimum absolute atomic E-state index is 0.172. The van der Waals surface area contributed by atoms with Crippen LogP contribution >= 0.6 is 0 Å². The van der Waals surface area contributed by atoms with Gasteiger partial charge in [-0.05, 0) is 24.5 Å². The zero-order valence-electron chi connectivity index (χ0n) is 12.9. The van der Waals surface area contributed by atoms with E-state index in [0.717, 1.165) is 19.5 Å². The van der Waals surface area contributed by atoms with Gasteiger partial charge in [0.25, 0.3) is 0 Å². The Hall–Kier alpha value is -1.64. The highest BCUT2D eigenvalue weighted by Crippen LogP contribution is 2.17. The van der Waals surface area contributed by atoms with Crippen molar-refractivity contribution in [3.63, 3.8) is 0 Å². The smallest absolute Gasteiger partial charge is 0.0667 e. The minimum Gasteiger partial charge on any atom is -0.392 e. The molecule has 0 saturated heterocycles. The predicted molar refractivity (Wildman–Crippen MR) is 87.9 cm³/mol. The fourth-order valence-electron chi connectivity index (χ4n) is 2.83. The third kappa shape index (κ3) is 4.69. The van der Waals surface area contributed by atoms with Crippen LogP contribution in [0.2, 0.25) is 0 Å². The summed E-state index contributed by atoms with van der Waals surface area (Å²) in [4.78, 5) is 2.37. The molecule has 0 heterocycles. The van der Waals surface area contributed by atoms with Crippen molar-refractivity contribution in [2.45, 2.75) is 45.5 Å². The van der Waals surface area contributed by atoms with Gasteiger partial charge in [-0.25, -0.2) is 0 Å².